The number of hydrogen-bond acceptors (Lipinski definition) is 3. The van der Waals surface area contributed by atoms with E-state index in [1.54, 1.807) is 18.4 Å². The lowest BCUT2D eigenvalue weighted by molar-refractivity contribution is 0.465. The monoisotopic (exact) mass is 306 g/mol. The van der Waals surface area contributed by atoms with Crippen LogP contribution in [0.25, 0.3) is 0 Å². The minimum atomic E-state index is -0.241. The lowest BCUT2D eigenvalue weighted by Crippen LogP contribution is -2.17. The first kappa shape index (κ1) is 13.8. The van der Waals surface area contributed by atoms with Crippen LogP contribution in [0.3, 0.4) is 0 Å². The Morgan fingerprint density at radius 1 is 0.957 bits per heavy atom. The third-order valence-corrected chi connectivity index (χ3v) is 3.98. The zero-order valence-corrected chi connectivity index (χ0v) is 12.4. The van der Waals surface area contributed by atoms with Gasteiger partial charge in [-0.2, -0.15) is 5.10 Å². The topological polar surface area (TPSA) is 28.7 Å². The second-order valence-corrected chi connectivity index (χ2v) is 5.47. The van der Waals surface area contributed by atoms with Gasteiger partial charge in [-0.15, -0.1) is 0 Å². The molecule has 2 aromatic carbocycles. The molecule has 0 radical (unpaired) electrons. The van der Waals surface area contributed by atoms with Gasteiger partial charge in [-0.3, -0.25) is 5.01 Å². The first-order valence-electron chi connectivity index (χ1n) is 7.52. The number of halogens is 1. The average molecular weight is 306 g/mol. The van der Waals surface area contributed by atoms with Crippen LogP contribution in [0.4, 0.5) is 10.1 Å². The van der Waals surface area contributed by atoms with Crippen molar-refractivity contribution in [2.24, 2.45) is 5.10 Å². The Morgan fingerprint density at radius 3 is 2.43 bits per heavy atom. The molecule has 1 aliphatic heterocycles. The van der Waals surface area contributed by atoms with Gasteiger partial charge in [-0.25, -0.2) is 4.39 Å². The van der Waals surface area contributed by atoms with Gasteiger partial charge in [0.25, 0.3) is 0 Å². The molecule has 0 unspecified atom stereocenters. The predicted octanol–water partition coefficient (Wildman–Crippen LogP) is 4.77. The predicted molar refractivity (Wildman–Crippen MR) is 87.9 cm³/mol. The van der Waals surface area contributed by atoms with Crippen molar-refractivity contribution in [3.05, 3.63) is 90.1 Å². The normalized spacial score (nSPS) is 17.3. The molecule has 0 aliphatic carbocycles. The van der Waals surface area contributed by atoms with E-state index >= 15 is 0 Å². The van der Waals surface area contributed by atoms with E-state index in [0.29, 0.717) is 6.42 Å². The van der Waals surface area contributed by atoms with E-state index in [1.807, 2.05) is 47.5 Å². The van der Waals surface area contributed by atoms with Crippen molar-refractivity contribution in [3.63, 3.8) is 0 Å². The molecular formula is C19H15FN2O. The Balaban J connectivity index is 1.73. The Morgan fingerprint density at radius 2 is 1.74 bits per heavy atom. The number of hydrogen-bond donors (Lipinski definition) is 0. The number of furan rings is 1. The fourth-order valence-electron chi connectivity index (χ4n) is 2.85. The van der Waals surface area contributed by atoms with Gasteiger partial charge in [0.2, 0.25) is 0 Å². The molecule has 0 amide bonds. The van der Waals surface area contributed by atoms with E-state index < -0.39 is 0 Å². The summed E-state index contributed by atoms with van der Waals surface area (Å²) in [4.78, 5) is 0. The molecule has 4 heteroatoms. The van der Waals surface area contributed by atoms with Crippen molar-refractivity contribution in [3.8, 4) is 0 Å². The highest BCUT2D eigenvalue weighted by Crippen LogP contribution is 2.36. The summed E-state index contributed by atoms with van der Waals surface area (Å²) in [5.41, 5.74) is 2.86. The SMILES string of the molecule is Fc1ccc(C2=NN(c3ccccc3)[C@@H](c3ccco3)C2)cc1. The van der Waals surface area contributed by atoms with Gasteiger partial charge in [-0.05, 0) is 42.0 Å². The van der Waals surface area contributed by atoms with Crippen LogP contribution in [0, 0.1) is 5.82 Å². The van der Waals surface area contributed by atoms with Gasteiger partial charge < -0.3 is 4.42 Å². The highest BCUT2D eigenvalue weighted by Gasteiger charge is 2.31. The first-order chi connectivity index (χ1) is 11.3. The van der Waals surface area contributed by atoms with Crippen LogP contribution < -0.4 is 5.01 Å². The quantitative estimate of drug-likeness (QED) is 0.697. The Labute approximate surface area is 133 Å². The van der Waals surface area contributed by atoms with Crippen molar-refractivity contribution >= 4 is 11.4 Å². The molecule has 0 saturated heterocycles. The van der Waals surface area contributed by atoms with E-state index in [4.69, 9.17) is 9.52 Å². The van der Waals surface area contributed by atoms with Crippen LogP contribution in [-0.2, 0) is 0 Å². The second-order valence-electron chi connectivity index (χ2n) is 5.47. The maximum atomic E-state index is 13.1. The van der Waals surface area contributed by atoms with E-state index in [2.05, 4.69) is 0 Å². The largest absolute Gasteiger partial charge is 0.467 e. The molecule has 1 aromatic heterocycles. The Bertz CT molecular complexity index is 810. The molecule has 2 heterocycles. The average Bonchev–Trinajstić information content (AvgIpc) is 3.26. The van der Waals surface area contributed by atoms with E-state index in [9.17, 15) is 4.39 Å². The fraction of sp³-hybridized carbons (Fsp3) is 0.105. The number of para-hydroxylation sites is 1. The number of nitrogens with zero attached hydrogens (tertiary/aromatic N) is 2. The zero-order valence-electron chi connectivity index (χ0n) is 12.4. The van der Waals surface area contributed by atoms with Crippen molar-refractivity contribution in [2.75, 3.05) is 5.01 Å². The molecule has 0 fully saturated rings. The van der Waals surface area contributed by atoms with Gasteiger partial charge in [0, 0.05) is 6.42 Å². The van der Waals surface area contributed by atoms with Crippen LogP contribution in [-0.4, -0.2) is 5.71 Å². The summed E-state index contributed by atoms with van der Waals surface area (Å²) >= 11 is 0. The fourth-order valence-corrected chi connectivity index (χ4v) is 2.85. The lowest BCUT2D eigenvalue weighted by atomic mass is 10.0. The van der Waals surface area contributed by atoms with Crippen LogP contribution in [0.15, 0.2) is 82.5 Å². The smallest absolute Gasteiger partial charge is 0.128 e. The van der Waals surface area contributed by atoms with Crippen molar-refractivity contribution < 1.29 is 8.81 Å². The van der Waals surface area contributed by atoms with Gasteiger partial charge >= 0.3 is 0 Å². The van der Waals surface area contributed by atoms with Crippen LogP contribution in [0.1, 0.15) is 23.8 Å². The number of benzene rings is 2. The summed E-state index contributed by atoms with van der Waals surface area (Å²) in [6.45, 7) is 0. The molecule has 23 heavy (non-hydrogen) atoms. The molecule has 0 bridgehead atoms. The zero-order chi connectivity index (χ0) is 15.6. The standard InChI is InChI=1S/C19H15FN2O/c20-15-10-8-14(9-11-15)17-13-18(19-7-4-12-23-19)22(21-17)16-5-2-1-3-6-16/h1-12,18H,13H2/t18-/m1/s1. The molecule has 0 spiro atoms. The summed E-state index contributed by atoms with van der Waals surface area (Å²) in [6, 6.07) is 20.3. The molecule has 1 aliphatic rings. The van der Waals surface area contributed by atoms with Gasteiger partial charge in [-0.1, -0.05) is 30.3 Å². The molecule has 0 N–H and O–H groups in total. The van der Waals surface area contributed by atoms with Gasteiger partial charge in [0.05, 0.1) is 17.7 Å². The molecule has 1 atom stereocenters. The second kappa shape index (κ2) is 5.72. The maximum Gasteiger partial charge on any atom is 0.128 e. The van der Waals surface area contributed by atoms with Crippen molar-refractivity contribution in [1.82, 2.24) is 0 Å². The minimum Gasteiger partial charge on any atom is -0.467 e. The van der Waals surface area contributed by atoms with E-state index in [-0.39, 0.29) is 11.9 Å². The third kappa shape index (κ3) is 2.63. The highest BCUT2D eigenvalue weighted by atomic mass is 19.1. The van der Waals surface area contributed by atoms with Crippen LogP contribution >= 0.6 is 0 Å². The molecular weight excluding hydrogens is 291 g/mol. The third-order valence-electron chi connectivity index (χ3n) is 3.98. The van der Waals surface area contributed by atoms with Crippen molar-refractivity contribution in [2.45, 2.75) is 12.5 Å². The van der Waals surface area contributed by atoms with E-state index in [1.165, 1.54) is 12.1 Å². The van der Waals surface area contributed by atoms with Gasteiger partial charge in [0.15, 0.2) is 0 Å². The summed E-state index contributed by atoms with van der Waals surface area (Å²) < 4.78 is 18.7. The van der Waals surface area contributed by atoms with E-state index in [0.717, 1.165) is 22.7 Å². The van der Waals surface area contributed by atoms with Crippen LogP contribution in [0.5, 0.6) is 0 Å². The Hall–Kier alpha value is -2.88. The minimum absolute atomic E-state index is 0.00690. The van der Waals surface area contributed by atoms with Crippen molar-refractivity contribution in [1.29, 1.82) is 0 Å². The number of rotatable bonds is 3. The highest BCUT2D eigenvalue weighted by molar-refractivity contribution is 6.03. The molecule has 3 nitrogen and oxygen atoms in total. The first-order valence-corrected chi connectivity index (χ1v) is 7.52. The summed E-state index contributed by atoms with van der Waals surface area (Å²) in [6.07, 6.45) is 2.39. The Kier molecular flexibility index (Phi) is 3.42. The molecule has 3 aromatic rings. The summed E-state index contributed by atoms with van der Waals surface area (Å²) in [5.74, 6) is 0.629. The summed E-state index contributed by atoms with van der Waals surface area (Å²) in [7, 11) is 0. The van der Waals surface area contributed by atoms with Gasteiger partial charge in [0.1, 0.15) is 17.6 Å². The molecule has 114 valence electrons. The maximum absolute atomic E-state index is 13.1. The molecule has 4 rings (SSSR count). The molecule has 0 saturated carbocycles. The summed E-state index contributed by atoms with van der Waals surface area (Å²) in [5, 5.41) is 6.73. The lowest BCUT2D eigenvalue weighted by Gasteiger charge is -2.21. The number of hydrazone groups is 1. The number of anilines is 1. The van der Waals surface area contributed by atoms with Crippen LogP contribution in [0.2, 0.25) is 0 Å².